The Morgan fingerprint density at radius 2 is 2.20 bits per heavy atom. The number of aromatic nitrogens is 3. The van der Waals surface area contributed by atoms with Crippen molar-refractivity contribution in [2.75, 3.05) is 25.1 Å². The molecule has 1 aliphatic rings. The molecule has 2 aromatic rings. The standard InChI is InChI=1S/C15H18N4O/c1-11-6-13(17-8-15(2)9-20-10-15)19-14(18-11)12-4-3-5-16-7-12/h3-7H,8-10H2,1-2H3,(H,17,18,19). The van der Waals surface area contributed by atoms with Gasteiger partial charge in [0.25, 0.3) is 0 Å². The number of nitrogens with zero attached hydrogens (tertiary/aromatic N) is 3. The fourth-order valence-corrected chi connectivity index (χ4v) is 2.14. The van der Waals surface area contributed by atoms with E-state index in [-0.39, 0.29) is 5.41 Å². The Morgan fingerprint density at radius 1 is 1.35 bits per heavy atom. The van der Waals surface area contributed by atoms with Crippen LogP contribution >= 0.6 is 0 Å². The number of rotatable bonds is 4. The molecule has 104 valence electrons. The van der Waals surface area contributed by atoms with Gasteiger partial charge in [0.1, 0.15) is 5.82 Å². The van der Waals surface area contributed by atoms with Crippen LogP contribution in [0.2, 0.25) is 0 Å². The van der Waals surface area contributed by atoms with Crippen LogP contribution in [0.5, 0.6) is 0 Å². The monoisotopic (exact) mass is 270 g/mol. The largest absolute Gasteiger partial charge is 0.380 e. The molecule has 20 heavy (non-hydrogen) atoms. The highest BCUT2D eigenvalue weighted by atomic mass is 16.5. The first-order chi connectivity index (χ1) is 9.65. The normalized spacial score (nSPS) is 16.5. The molecule has 5 nitrogen and oxygen atoms in total. The summed E-state index contributed by atoms with van der Waals surface area (Å²) >= 11 is 0. The minimum absolute atomic E-state index is 0.216. The molecule has 0 aliphatic carbocycles. The van der Waals surface area contributed by atoms with Crippen LogP contribution in [-0.4, -0.2) is 34.7 Å². The van der Waals surface area contributed by atoms with E-state index in [4.69, 9.17) is 4.74 Å². The second-order valence-electron chi connectivity index (χ2n) is 5.62. The molecule has 3 heterocycles. The summed E-state index contributed by atoms with van der Waals surface area (Å²) in [6.07, 6.45) is 3.52. The van der Waals surface area contributed by atoms with Gasteiger partial charge in [-0.3, -0.25) is 4.98 Å². The summed E-state index contributed by atoms with van der Waals surface area (Å²) in [4.78, 5) is 13.1. The minimum atomic E-state index is 0.216. The average Bonchev–Trinajstić information content (AvgIpc) is 2.43. The van der Waals surface area contributed by atoms with Crippen LogP contribution in [-0.2, 0) is 4.74 Å². The predicted octanol–water partition coefficient (Wildman–Crippen LogP) is 2.30. The van der Waals surface area contributed by atoms with Crippen molar-refractivity contribution in [2.45, 2.75) is 13.8 Å². The number of aryl methyl sites for hydroxylation is 1. The van der Waals surface area contributed by atoms with Crippen LogP contribution in [0, 0.1) is 12.3 Å². The van der Waals surface area contributed by atoms with E-state index >= 15 is 0 Å². The lowest BCUT2D eigenvalue weighted by Gasteiger charge is -2.38. The fourth-order valence-electron chi connectivity index (χ4n) is 2.14. The van der Waals surface area contributed by atoms with Gasteiger partial charge in [-0.15, -0.1) is 0 Å². The molecule has 2 aromatic heterocycles. The van der Waals surface area contributed by atoms with E-state index in [1.807, 2.05) is 25.1 Å². The molecule has 0 radical (unpaired) electrons. The summed E-state index contributed by atoms with van der Waals surface area (Å²) in [7, 11) is 0. The maximum atomic E-state index is 5.26. The Bertz CT molecular complexity index is 596. The maximum absolute atomic E-state index is 5.26. The first-order valence-electron chi connectivity index (χ1n) is 6.72. The van der Waals surface area contributed by atoms with Crippen LogP contribution in [0.15, 0.2) is 30.6 Å². The highest BCUT2D eigenvalue weighted by Gasteiger charge is 2.33. The number of pyridine rings is 1. The van der Waals surface area contributed by atoms with Gasteiger partial charge in [-0.05, 0) is 19.1 Å². The van der Waals surface area contributed by atoms with Gasteiger partial charge in [-0.1, -0.05) is 6.92 Å². The summed E-state index contributed by atoms with van der Waals surface area (Å²) in [6, 6.07) is 5.82. The predicted molar refractivity (Wildman–Crippen MR) is 77.4 cm³/mol. The Balaban J connectivity index is 1.80. The van der Waals surface area contributed by atoms with Gasteiger partial charge in [0.2, 0.25) is 0 Å². The van der Waals surface area contributed by atoms with Crippen molar-refractivity contribution < 1.29 is 4.74 Å². The lowest BCUT2D eigenvalue weighted by molar-refractivity contribution is -0.0924. The number of ether oxygens (including phenoxy) is 1. The number of hydrogen-bond acceptors (Lipinski definition) is 5. The van der Waals surface area contributed by atoms with Crippen molar-refractivity contribution in [2.24, 2.45) is 5.41 Å². The first kappa shape index (κ1) is 13.0. The molecule has 0 saturated carbocycles. The molecule has 5 heteroatoms. The van der Waals surface area contributed by atoms with E-state index in [1.165, 1.54) is 0 Å². The van der Waals surface area contributed by atoms with Gasteiger partial charge in [-0.25, -0.2) is 9.97 Å². The van der Waals surface area contributed by atoms with Gasteiger partial charge in [-0.2, -0.15) is 0 Å². The zero-order valence-electron chi connectivity index (χ0n) is 11.8. The Labute approximate surface area is 118 Å². The summed E-state index contributed by atoms with van der Waals surface area (Å²) < 4.78 is 5.26. The smallest absolute Gasteiger partial charge is 0.163 e. The molecule has 0 atom stereocenters. The van der Waals surface area contributed by atoms with Crippen LogP contribution in [0.4, 0.5) is 5.82 Å². The minimum Gasteiger partial charge on any atom is -0.380 e. The summed E-state index contributed by atoms with van der Waals surface area (Å²) in [6.45, 7) is 6.65. The van der Waals surface area contributed by atoms with Crippen molar-refractivity contribution in [3.63, 3.8) is 0 Å². The van der Waals surface area contributed by atoms with Crippen molar-refractivity contribution in [1.82, 2.24) is 15.0 Å². The maximum Gasteiger partial charge on any atom is 0.163 e. The molecule has 3 rings (SSSR count). The van der Waals surface area contributed by atoms with E-state index in [2.05, 4.69) is 27.2 Å². The van der Waals surface area contributed by atoms with E-state index in [0.717, 1.165) is 36.8 Å². The zero-order valence-corrected chi connectivity index (χ0v) is 11.8. The second kappa shape index (κ2) is 5.17. The van der Waals surface area contributed by atoms with Crippen LogP contribution in [0.25, 0.3) is 11.4 Å². The molecule has 0 amide bonds. The summed E-state index contributed by atoms with van der Waals surface area (Å²) in [5.74, 6) is 1.56. The molecule has 0 bridgehead atoms. The molecular formula is C15H18N4O. The zero-order chi connectivity index (χ0) is 14.0. The SMILES string of the molecule is Cc1cc(NCC2(C)COC2)nc(-c2cccnc2)n1. The Hall–Kier alpha value is -2.01. The van der Waals surface area contributed by atoms with E-state index < -0.39 is 0 Å². The average molecular weight is 270 g/mol. The molecular weight excluding hydrogens is 252 g/mol. The van der Waals surface area contributed by atoms with E-state index in [9.17, 15) is 0 Å². The van der Waals surface area contributed by atoms with Crippen LogP contribution in [0.3, 0.4) is 0 Å². The van der Waals surface area contributed by atoms with Gasteiger partial charge >= 0.3 is 0 Å². The van der Waals surface area contributed by atoms with Crippen molar-refractivity contribution in [1.29, 1.82) is 0 Å². The molecule has 0 aromatic carbocycles. The van der Waals surface area contributed by atoms with E-state index in [1.54, 1.807) is 12.4 Å². The quantitative estimate of drug-likeness (QED) is 0.923. The third-order valence-electron chi connectivity index (χ3n) is 3.37. The molecule has 0 spiro atoms. The summed E-state index contributed by atoms with van der Waals surface area (Å²) in [5.41, 5.74) is 2.08. The Morgan fingerprint density at radius 3 is 2.85 bits per heavy atom. The number of nitrogens with one attached hydrogen (secondary N) is 1. The third kappa shape index (κ3) is 2.77. The number of hydrogen-bond donors (Lipinski definition) is 1. The van der Waals surface area contributed by atoms with Crippen molar-refractivity contribution in [3.8, 4) is 11.4 Å². The second-order valence-corrected chi connectivity index (χ2v) is 5.62. The van der Waals surface area contributed by atoms with Gasteiger partial charge in [0.05, 0.1) is 13.2 Å². The van der Waals surface area contributed by atoms with Crippen LogP contribution < -0.4 is 5.32 Å². The van der Waals surface area contributed by atoms with Gasteiger partial charge in [0, 0.05) is 41.7 Å². The first-order valence-corrected chi connectivity index (χ1v) is 6.72. The molecule has 1 saturated heterocycles. The van der Waals surface area contributed by atoms with Gasteiger partial charge < -0.3 is 10.1 Å². The topological polar surface area (TPSA) is 59.9 Å². The summed E-state index contributed by atoms with van der Waals surface area (Å²) in [5, 5.41) is 3.39. The molecule has 0 unspecified atom stereocenters. The fraction of sp³-hybridized carbons (Fsp3) is 0.400. The highest BCUT2D eigenvalue weighted by molar-refractivity contribution is 5.56. The van der Waals surface area contributed by atoms with Crippen molar-refractivity contribution >= 4 is 5.82 Å². The van der Waals surface area contributed by atoms with E-state index in [0.29, 0.717) is 5.82 Å². The van der Waals surface area contributed by atoms with Crippen LogP contribution in [0.1, 0.15) is 12.6 Å². The highest BCUT2D eigenvalue weighted by Crippen LogP contribution is 2.27. The lowest BCUT2D eigenvalue weighted by atomic mass is 9.89. The molecule has 1 aliphatic heterocycles. The van der Waals surface area contributed by atoms with Crippen molar-refractivity contribution in [3.05, 3.63) is 36.3 Å². The Kier molecular flexibility index (Phi) is 3.36. The molecule has 1 N–H and O–H groups in total. The third-order valence-corrected chi connectivity index (χ3v) is 3.37. The lowest BCUT2D eigenvalue weighted by Crippen LogP contribution is -2.45. The van der Waals surface area contributed by atoms with Gasteiger partial charge in [0.15, 0.2) is 5.82 Å². The molecule has 1 fully saturated rings. The number of anilines is 1.